The van der Waals surface area contributed by atoms with Crippen LogP contribution in [0.3, 0.4) is 0 Å². The molecule has 1 aromatic heterocycles. The maximum Gasteiger partial charge on any atom is 0.200 e. The van der Waals surface area contributed by atoms with Gasteiger partial charge in [-0.25, -0.2) is 0 Å². The second-order valence-electron chi connectivity index (χ2n) is 5.17. The number of phenolic OH excluding ortho intramolecular Hbond substituents is 1. The van der Waals surface area contributed by atoms with Crippen molar-refractivity contribution in [3.05, 3.63) is 59.0 Å². The van der Waals surface area contributed by atoms with Crippen molar-refractivity contribution in [3.63, 3.8) is 0 Å². The number of hydrogen-bond acceptors (Lipinski definition) is 5. The van der Waals surface area contributed by atoms with E-state index >= 15 is 0 Å². The summed E-state index contributed by atoms with van der Waals surface area (Å²) in [6.45, 7) is 1.09. The molecule has 3 N–H and O–H groups in total. The number of phenols is 1. The highest BCUT2D eigenvalue weighted by molar-refractivity contribution is 5.82. The number of hydrogen-bond donors (Lipinski definition) is 2. The van der Waals surface area contributed by atoms with Crippen molar-refractivity contribution < 1.29 is 14.3 Å². The average molecular weight is 311 g/mol. The summed E-state index contributed by atoms with van der Waals surface area (Å²) in [6, 6.07) is 11.6. The molecule has 3 aromatic rings. The molecular weight excluding hydrogens is 294 g/mol. The Morgan fingerprint density at radius 2 is 1.91 bits per heavy atom. The van der Waals surface area contributed by atoms with Crippen LogP contribution in [0.4, 0.5) is 0 Å². The molecule has 0 aliphatic rings. The molecule has 118 valence electrons. The summed E-state index contributed by atoms with van der Waals surface area (Å²) in [4.78, 5) is 12.6. The Balaban J connectivity index is 1.98. The van der Waals surface area contributed by atoms with Crippen LogP contribution in [0.5, 0.6) is 11.5 Å². The van der Waals surface area contributed by atoms with E-state index in [1.54, 1.807) is 30.3 Å². The minimum absolute atomic E-state index is 0.120. The summed E-state index contributed by atoms with van der Waals surface area (Å²) in [5.41, 5.74) is 6.93. The normalized spacial score (nSPS) is 10.8. The van der Waals surface area contributed by atoms with Gasteiger partial charge < -0.3 is 20.0 Å². The number of ether oxygens (including phenoxy) is 1. The number of fused-ring (bicyclic) bond motifs is 1. The fourth-order valence-electron chi connectivity index (χ4n) is 2.31. The number of rotatable bonds is 5. The van der Waals surface area contributed by atoms with Crippen molar-refractivity contribution in [3.8, 4) is 22.6 Å². The summed E-state index contributed by atoms with van der Waals surface area (Å²) in [7, 11) is 0. The van der Waals surface area contributed by atoms with E-state index in [1.165, 1.54) is 18.4 Å². The predicted octanol–water partition coefficient (Wildman–Crippen LogP) is 2.89. The molecule has 5 nitrogen and oxygen atoms in total. The molecule has 0 radical (unpaired) electrons. The van der Waals surface area contributed by atoms with Crippen LogP contribution in [0, 0.1) is 0 Å². The molecule has 23 heavy (non-hydrogen) atoms. The first-order valence-electron chi connectivity index (χ1n) is 7.37. The number of aromatic hydroxyl groups is 1. The van der Waals surface area contributed by atoms with E-state index in [1.807, 2.05) is 0 Å². The zero-order chi connectivity index (χ0) is 16.2. The van der Waals surface area contributed by atoms with Gasteiger partial charge in [0.25, 0.3) is 0 Å². The smallest absolute Gasteiger partial charge is 0.200 e. The van der Waals surface area contributed by atoms with Crippen molar-refractivity contribution in [2.24, 2.45) is 5.73 Å². The van der Waals surface area contributed by atoms with Gasteiger partial charge in [0.1, 0.15) is 23.3 Å². The first-order chi connectivity index (χ1) is 11.2. The van der Waals surface area contributed by atoms with Crippen LogP contribution in [0.1, 0.15) is 6.42 Å². The highest BCUT2D eigenvalue weighted by atomic mass is 16.5. The molecule has 0 atom stereocenters. The van der Waals surface area contributed by atoms with E-state index < -0.39 is 0 Å². The van der Waals surface area contributed by atoms with Crippen LogP contribution in [0.15, 0.2) is 57.9 Å². The van der Waals surface area contributed by atoms with E-state index in [0.29, 0.717) is 41.0 Å². The first-order valence-corrected chi connectivity index (χ1v) is 7.37. The van der Waals surface area contributed by atoms with Gasteiger partial charge in [0, 0.05) is 6.07 Å². The Hall–Kier alpha value is -2.79. The molecule has 5 heteroatoms. The van der Waals surface area contributed by atoms with Crippen LogP contribution < -0.4 is 15.9 Å². The van der Waals surface area contributed by atoms with Crippen molar-refractivity contribution in [2.45, 2.75) is 6.42 Å². The van der Waals surface area contributed by atoms with Gasteiger partial charge in [0.05, 0.1) is 17.6 Å². The van der Waals surface area contributed by atoms with Crippen LogP contribution >= 0.6 is 0 Å². The molecule has 0 aliphatic carbocycles. The van der Waals surface area contributed by atoms with Gasteiger partial charge in [-0.15, -0.1) is 0 Å². The van der Waals surface area contributed by atoms with Gasteiger partial charge in [0.2, 0.25) is 0 Å². The second-order valence-corrected chi connectivity index (χ2v) is 5.17. The SMILES string of the molecule is NCCCOc1ccc2c(=O)c(-c3ccc(O)cc3)coc2c1. The summed E-state index contributed by atoms with van der Waals surface area (Å²) < 4.78 is 11.1. The molecule has 0 amide bonds. The van der Waals surface area contributed by atoms with Crippen molar-refractivity contribution in [1.82, 2.24) is 0 Å². The van der Waals surface area contributed by atoms with Crippen molar-refractivity contribution in [1.29, 1.82) is 0 Å². The largest absolute Gasteiger partial charge is 0.508 e. The fraction of sp³-hybridized carbons (Fsp3) is 0.167. The standard InChI is InChI=1S/C18H17NO4/c19-8-1-9-22-14-6-7-15-17(10-14)23-11-16(18(15)21)12-2-4-13(20)5-3-12/h2-7,10-11,20H,1,8-9,19H2. The van der Waals surface area contributed by atoms with Gasteiger partial charge in [-0.05, 0) is 42.8 Å². The lowest BCUT2D eigenvalue weighted by Crippen LogP contribution is -2.07. The van der Waals surface area contributed by atoms with Crippen LogP contribution in [-0.2, 0) is 0 Å². The molecular formula is C18H17NO4. The monoisotopic (exact) mass is 311 g/mol. The van der Waals surface area contributed by atoms with E-state index in [2.05, 4.69) is 0 Å². The Labute approximate surface area is 132 Å². The fourth-order valence-corrected chi connectivity index (χ4v) is 2.31. The lowest BCUT2D eigenvalue weighted by Gasteiger charge is -2.07. The zero-order valence-corrected chi connectivity index (χ0v) is 12.5. The molecule has 0 bridgehead atoms. The van der Waals surface area contributed by atoms with E-state index in [-0.39, 0.29) is 11.2 Å². The molecule has 0 aliphatic heterocycles. The maximum atomic E-state index is 12.6. The predicted molar refractivity (Wildman–Crippen MR) is 88.8 cm³/mol. The molecule has 0 unspecified atom stereocenters. The lowest BCUT2D eigenvalue weighted by molar-refractivity contribution is 0.313. The third-order valence-corrected chi connectivity index (χ3v) is 3.54. The number of benzene rings is 2. The lowest BCUT2D eigenvalue weighted by atomic mass is 10.1. The molecule has 2 aromatic carbocycles. The maximum absolute atomic E-state index is 12.6. The molecule has 1 heterocycles. The third kappa shape index (κ3) is 3.19. The Bertz CT molecular complexity index is 868. The highest BCUT2D eigenvalue weighted by Gasteiger charge is 2.10. The quantitative estimate of drug-likeness (QED) is 0.708. The number of nitrogens with two attached hydrogens (primary N) is 1. The molecule has 0 saturated carbocycles. The summed E-state index contributed by atoms with van der Waals surface area (Å²) in [5.74, 6) is 0.796. The van der Waals surface area contributed by atoms with Gasteiger partial charge in [-0.1, -0.05) is 12.1 Å². The van der Waals surface area contributed by atoms with Crippen molar-refractivity contribution >= 4 is 11.0 Å². The molecule has 0 fully saturated rings. The van der Waals surface area contributed by atoms with E-state index in [9.17, 15) is 9.90 Å². The third-order valence-electron chi connectivity index (χ3n) is 3.54. The minimum Gasteiger partial charge on any atom is -0.508 e. The second kappa shape index (κ2) is 6.54. The average Bonchev–Trinajstić information content (AvgIpc) is 2.56. The Morgan fingerprint density at radius 1 is 1.13 bits per heavy atom. The zero-order valence-electron chi connectivity index (χ0n) is 12.5. The van der Waals surface area contributed by atoms with E-state index in [0.717, 1.165) is 6.42 Å². The van der Waals surface area contributed by atoms with Gasteiger partial charge in [-0.3, -0.25) is 4.79 Å². The highest BCUT2D eigenvalue weighted by Crippen LogP contribution is 2.24. The Morgan fingerprint density at radius 3 is 2.65 bits per heavy atom. The van der Waals surface area contributed by atoms with Crippen LogP contribution in [0.25, 0.3) is 22.1 Å². The van der Waals surface area contributed by atoms with Crippen LogP contribution in [-0.4, -0.2) is 18.3 Å². The first kappa shape index (κ1) is 15.1. The summed E-state index contributed by atoms with van der Waals surface area (Å²) in [5, 5.41) is 9.83. The van der Waals surface area contributed by atoms with Gasteiger partial charge >= 0.3 is 0 Å². The van der Waals surface area contributed by atoms with Gasteiger partial charge in [0.15, 0.2) is 5.43 Å². The molecule has 0 saturated heterocycles. The van der Waals surface area contributed by atoms with Crippen molar-refractivity contribution in [2.75, 3.05) is 13.2 Å². The summed E-state index contributed by atoms with van der Waals surface area (Å²) >= 11 is 0. The van der Waals surface area contributed by atoms with Crippen LogP contribution in [0.2, 0.25) is 0 Å². The minimum atomic E-state index is -0.120. The topological polar surface area (TPSA) is 85.7 Å². The Kier molecular flexibility index (Phi) is 4.30. The molecule has 0 spiro atoms. The van der Waals surface area contributed by atoms with E-state index in [4.69, 9.17) is 14.9 Å². The summed E-state index contributed by atoms with van der Waals surface area (Å²) in [6.07, 6.45) is 2.20. The van der Waals surface area contributed by atoms with Gasteiger partial charge in [-0.2, -0.15) is 0 Å². The molecule has 3 rings (SSSR count).